The molecule has 0 unspecified atom stereocenters. The van der Waals surface area contributed by atoms with Crippen molar-refractivity contribution in [1.82, 2.24) is 4.90 Å². The maximum Gasteiger partial charge on any atom is 0.227 e. The Bertz CT molecular complexity index is 621. The standard InChI is InChI=1S/C18H25NO2/c1-5-7-19(8-6-2)17(20)11-15-12-21-16-10-13(3)9-14(4)18(15)16/h9-10,12H,5-8,11H2,1-4H3. The van der Waals surface area contributed by atoms with Crippen LogP contribution in [-0.4, -0.2) is 23.9 Å². The molecule has 1 aromatic carbocycles. The molecule has 3 heteroatoms. The number of fused-ring (bicyclic) bond motifs is 1. The lowest BCUT2D eigenvalue weighted by molar-refractivity contribution is -0.130. The lowest BCUT2D eigenvalue weighted by atomic mass is 10.0. The first kappa shape index (κ1) is 15.6. The first-order valence-electron chi connectivity index (χ1n) is 7.81. The van der Waals surface area contributed by atoms with Crippen molar-refractivity contribution in [3.63, 3.8) is 0 Å². The summed E-state index contributed by atoms with van der Waals surface area (Å²) in [5, 5.41) is 1.10. The molecule has 0 saturated heterocycles. The molecular weight excluding hydrogens is 262 g/mol. The van der Waals surface area contributed by atoms with Crippen molar-refractivity contribution in [2.75, 3.05) is 13.1 Å². The predicted molar refractivity (Wildman–Crippen MR) is 86.6 cm³/mol. The van der Waals surface area contributed by atoms with Crippen LogP contribution < -0.4 is 0 Å². The fourth-order valence-corrected chi connectivity index (χ4v) is 2.93. The largest absolute Gasteiger partial charge is 0.464 e. The van der Waals surface area contributed by atoms with Crippen molar-refractivity contribution in [3.8, 4) is 0 Å². The lowest BCUT2D eigenvalue weighted by Crippen LogP contribution is -2.33. The summed E-state index contributed by atoms with van der Waals surface area (Å²) in [6.07, 6.45) is 4.16. The maximum absolute atomic E-state index is 12.5. The van der Waals surface area contributed by atoms with Crippen LogP contribution in [0.15, 0.2) is 22.8 Å². The zero-order chi connectivity index (χ0) is 15.4. The van der Waals surface area contributed by atoms with E-state index in [0.29, 0.717) is 6.42 Å². The average Bonchev–Trinajstić information content (AvgIpc) is 2.81. The van der Waals surface area contributed by atoms with Crippen LogP contribution in [0.3, 0.4) is 0 Å². The number of benzene rings is 1. The van der Waals surface area contributed by atoms with Crippen molar-refractivity contribution in [1.29, 1.82) is 0 Å². The summed E-state index contributed by atoms with van der Waals surface area (Å²) in [7, 11) is 0. The molecule has 0 radical (unpaired) electrons. The summed E-state index contributed by atoms with van der Waals surface area (Å²) >= 11 is 0. The van der Waals surface area contributed by atoms with Gasteiger partial charge in [-0.05, 0) is 43.9 Å². The first-order valence-corrected chi connectivity index (χ1v) is 7.81. The normalized spacial score (nSPS) is 11.0. The molecular formula is C18H25NO2. The van der Waals surface area contributed by atoms with Gasteiger partial charge in [-0.3, -0.25) is 4.79 Å². The third-order valence-corrected chi connectivity index (χ3v) is 3.77. The van der Waals surface area contributed by atoms with E-state index < -0.39 is 0 Å². The number of amides is 1. The summed E-state index contributed by atoms with van der Waals surface area (Å²) in [6, 6.07) is 4.17. The zero-order valence-electron chi connectivity index (χ0n) is 13.5. The van der Waals surface area contributed by atoms with Crippen LogP contribution in [0.25, 0.3) is 11.0 Å². The molecule has 1 aromatic heterocycles. The van der Waals surface area contributed by atoms with E-state index in [0.717, 1.165) is 42.5 Å². The van der Waals surface area contributed by atoms with E-state index in [4.69, 9.17) is 4.42 Å². The fourth-order valence-electron chi connectivity index (χ4n) is 2.93. The van der Waals surface area contributed by atoms with Crippen LogP contribution in [0, 0.1) is 13.8 Å². The molecule has 21 heavy (non-hydrogen) atoms. The highest BCUT2D eigenvalue weighted by molar-refractivity contribution is 5.90. The SMILES string of the molecule is CCCN(CCC)C(=O)Cc1coc2cc(C)cc(C)c12. The molecule has 0 fully saturated rings. The average molecular weight is 287 g/mol. The van der Waals surface area contributed by atoms with Crippen molar-refractivity contribution in [2.45, 2.75) is 47.0 Å². The lowest BCUT2D eigenvalue weighted by Gasteiger charge is -2.21. The highest BCUT2D eigenvalue weighted by Gasteiger charge is 2.17. The molecule has 0 saturated carbocycles. The maximum atomic E-state index is 12.5. The van der Waals surface area contributed by atoms with Gasteiger partial charge in [-0.15, -0.1) is 0 Å². The van der Waals surface area contributed by atoms with Gasteiger partial charge in [-0.1, -0.05) is 19.9 Å². The second kappa shape index (κ2) is 6.79. The van der Waals surface area contributed by atoms with Crippen molar-refractivity contribution >= 4 is 16.9 Å². The molecule has 3 nitrogen and oxygen atoms in total. The van der Waals surface area contributed by atoms with E-state index in [1.807, 2.05) is 11.0 Å². The Labute approximate surface area is 126 Å². The molecule has 0 atom stereocenters. The molecule has 0 aliphatic carbocycles. The number of carbonyl (C=O) groups excluding carboxylic acids is 1. The molecule has 0 aliphatic heterocycles. The summed E-state index contributed by atoms with van der Waals surface area (Å²) in [5.41, 5.74) is 4.25. The minimum absolute atomic E-state index is 0.196. The Morgan fingerprint density at radius 2 is 1.81 bits per heavy atom. The number of hydrogen-bond acceptors (Lipinski definition) is 2. The number of hydrogen-bond donors (Lipinski definition) is 0. The van der Waals surface area contributed by atoms with Crippen LogP contribution in [0.1, 0.15) is 43.4 Å². The Balaban J connectivity index is 2.25. The molecule has 114 valence electrons. The molecule has 2 rings (SSSR count). The van der Waals surface area contributed by atoms with Gasteiger partial charge in [0.05, 0.1) is 12.7 Å². The van der Waals surface area contributed by atoms with Crippen LogP contribution >= 0.6 is 0 Å². The van der Waals surface area contributed by atoms with Crippen LogP contribution in [0.2, 0.25) is 0 Å². The van der Waals surface area contributed by atoms with Gasteiger partial charge in [-0.25, -0.2) is 0 Å². The van der Waals surface area contributed by atoms with E-state index in [2.05, 4.69) is 33.8 Å². The van der Waals surface area contributed by atoms with Gasteiger partial charge in [0.1, 0.15) is 5.58 Å². The summed E-state index contributed by atoms with van der Waals surface area (Å²) < 4.78 is 5.64. The van der Waals surface area contributed by atoms with Gasteiger partial charge in [0, 0.05) is 24.0 Å². The van der Waals surface area contributed by atoms with Gasteiger partial charge < -0.3 is 9.32 Å². The Morgan fingerprint density at radius 3 is 2.43 bits per heavy atom. The van der Waals surface area contributed by atoms with Gasteiger partial charge >= 0.3 is 0 Å². The molecule has 1 amide bonds. The minimum Gasteiger partial charge on any atom is -0.464 e. The van der Waals surface area contributed by atoms with Gasteiger partial charge in [-0.2, -0.15) is 0 Å². The quantitative estimate of drug-likeness (QED) is 0.796. The predicted octanol–water partition coefficient (Wildman–Crippen LogP) is 4.24. The molecule has 0 N–H and O–H groups in total. The Kier molecular flexibility index (Phi) is 5.05. The van der Waals surface area contributed by atoms with Gasteiger partial charge in [0.15, 0.2) is 0 Å². The van der Waals surface area contributed by atoms with Gasteiger partial charge in [0.2, 0.25) is 5.91 Å². The van der Waals surface area contributed by atoms with Crippen LogP contribution in [0.4, 0.5) is 0 Å². The minimum atomic E-state index is 0.196. The highest BCUT2D eigenvalue weighted by Crippen LogP contribution is 2.27. The molecule has 1 heterocycles. The number of carbonyl (C=O) groups is 1. The topological polar surface area (TPSA) is 33.5 Å². The first-order chi connectivity index (χ1) is 10.1. The third-order valence-electron chi connectivity index (χ3n) is 3.77. The van der Waals surface area contributed by atoms with Crippen molar-refractivity contribution in [3.05, 3.63) is 35.1 Å². The van der Waals surface area contributed by atoms with E-state index in [1.54, 1.807) is 6.26 Å². The van der Waals surface area contributed by atoms with E-state index in [-0.39, 0.29) is 5.91 Å². The fraction of sp³-hybridized carbons (Fsp3) is 0.500. The van der Waals surface area contributed by atoms with Crippen LogP contribution in [0.5, 0.6) is 0 Å². The molecule has 2 aromatic rings. The van der Waals surface area contributed by atoms with Gasteiger partial charge in [0.25, 0.3) is 0 Å². The number of furan rings is 1. The van der Waals surface area contributed by atoms with E-state index >= 15 is 0 Å². The summed E-state index contributed by atoms with van der Waals surface area (Å²) in [4.78, 5) is 14.5. The Hall–Kier alpha value is -1.77. The zero-order valence-corrected chi connectivity index (χ0v) is 13.5. The van der Waals surface area contributed by atoms with Crippen molar-refractivity contribution in [2.24, 2.45) is 0 Å². The molecule has 0 aliphatic rings. The smallest absolute Gasteiger partial charge is 0.227 e. The second-order valence-electron chi connectivity index (χ2n) is 5.77. The second-order valence-corrected chi connectivity index (χ2v) is 5.77. The number of rotatable bonds is 6. The molecule has 0 bridgehead atoms. The molecule has 0 spiro atoms. The number of nitrogens with zero attached hydrogens (tertiary/aromatic N) is 1. The summed E-state index contributed by atoms with van der Waals surface area (Å²) in [6.45, 7) is 10.0. The van der Waals surface area contributed by atoms with Crippen LogP contribution in [-0.2, 0) is 11.2 Å². The van der Waals surface area contributed by atoms with E-state index in [1.165, 1.54) is 11.1 Å². The monoisotopic (exact) mass is 287 g/mol. The van der Waals surface area contributed by atoms with E-state index in [9.17, 15) is 4.79 Å². The number of aryl methyl sites for hydroxylation is 2. The Morgan fingerprint density at radius 1 is 1.14 bits per heavy atom. The third kappa shape index (κ3) is 3.46. The van der Waals surface area contributed by atoms with Crippen molar-refractivity contribution < 1.29 is 9.21 Å². The summed E-state index contributed by atoms with van der Waals surface area (Å²) in [5.74, 6) is 0.196. The highest BCUT2D eigenvalue weighted by atomic mass is 16.3.